The Labute approximate surface area is 198 Å². The molecule has 1 fully saturated rings. The molecule has 0 atom stereocenters. The number of amides is 1. The fraction of sp³-hybridized carbons (Fsp3) is 0.429. The summed E-state index contributed by atoms with van der Waals surface area (Å²) in [5.41, 5.74) is 4.67. The average Bonchev–Trinajstić information content (AvgIpc) is 3.36. The zero-order chi connectivity index (χ0) is 24.2. The number of aromatic amines is 1. The quantitative estimate of drug-likeness (QED) is 0.428. The lowest BCUT2D eigenvalue weighted by molar-refractivity contribution is 0.0943. The maximum Gasteiger partial charge on any atom is 0.253 e. The Balaban J connectivity index is 0.000000914. The number of rotatable bonds is 5. The average molecular weight is 452 g/mol. The topological polar surface area (TPSA) is 57.8 Å². The SMILES string of the molecule is CC.CC.Cc1cc(C2CCC(CNC(=O)c3c[nH]cc3-c3ccc(F)cc3)CC2)ccn1. The Morgan fingerprint density at radius 1 is 1.03 bits per heavy atom. The second-order valence-electron chi connectivity index (χ2n) is 7.95. The molecule has 4 nitrogen and oxygen atoms in total. The number of nitrogens with zero attached hydrogens (tertiary/aromatic N) is 1. The van der Waals surface area contributed by atoms with Gasteiger partial charge in [0.1, 0.15) is 5.82 Å². The third-order valence-electron chi connectivity index (χ3n) is 5.94. The fourth-order valence-electron chi connectivity index (χ4n) is 4.27. The van der Waals surface area contributed by atoms with Crippen LogP contribution in [0.3, 0.4) is 0 Å². The zero-order valence-electron chi connectivity index (χ0n) is 20.6. The van der Waals surface area contributed by atoms with Gasteiger partial charge in [0.2, 0.25) is 0 Å². The molecule has 0 bridgehead atoms. The minimum Gasteiger partial charge on any atom is -0.366 e. The normalized spacial score (nSPS) is 17.2. The lowest BCUT2D eigenvalue weighted by Gasteiger charge is -2.29. The van der Waals surface area contributed by atoms with Crippen LogP contribution in [0.15, 0.2) is 55.0 Å². The van der Waals surface area contributed by atoms with Gasteiger partial charge in [0.05, 0.1) is 5.56 Å². The van der Waals surface area contributed by atoms with E-state index in [4.69, 9.17) is 0 Å². The molecule has 2 N–H and O–H groups in total. The predicted octanol–water partition coefficient (Wildman–Crippen LogP) is 7.28. The number of halogens is 1. The summed E-state index contributed by atoms with van der Waals surface area (Å²) >= 11 is 0. The molecule has 33 heavy (non-hydrogen) atoms. The van der Waals surface area contributed by atoms with Crippen LogP contribution in [0.4, 0.5) is 4.39 Å². The van der Waals surface area contributed by atoms with Crippen molar-refractivity contribution in [3.05, 3.63) is 77.6 Å². The van der Waals surface area contributed by atoms with Crippen molar-refractivity contribution in [2.45, 2.75) is 66.2 Å². The van der Waals surface area contributed by atoms with Crippen LogP contribution in [0, 0.1) is 18.7 Å². The molecule has 1 aromatic carbocycles. The van der Waals surface area contributed by atoms with Gasteiger partial charge in [0.15, 0.2) is 0 Å². The third kappa shape index (κ3) is 7.28. The van der Waals surface area contributed by atoms with Gasteiger partial charge in [-0.3, -0.25) is 9.78 Å². The highest BCUT2D eigenvalue weighted by Crippen LogP contribution is 2.35. The highest BCUT2D eigenvalue weighted by molar-refractivity contribution is 6.00. The van der Waals surface area contributed by atoms with E-state index >= 15 is 0 Å². The smallest absolute Gasteiger partial charge is 0.253 e. The Bertz CT molecular complexity index is 973. The van der Waals surface area contributed by atoms with E-state index in [1.807, 2.05) is 40.8 Å². The Morgan fingerprint density at radius 3 is 2.33 bits per heavy atom. The molecular weight excluding hydrogens is 413 g/mol. The van der Waals surface area contributed by atoms with Crippen molar-refractivity contribution in [2.24, 2.45) is 5.92 Å². The van der Waals surface area contributed by atoms with Crippen molar-refractivity contribution in [2.75, 3.05) is 6.54 Å². The lowest BCUT2D eigenvalue weighted by Crippen LogP contribution is -2.31. The molecule has 5 heteroatoms. The molecule has 3 aromatic rings. The van der Waals surface area contributed by atoms with Crippen molar-refractivity contribution in [3.8, 4) is 11.1 Å². The van der Waals surface area contributed by atoms with Crippen molar-refractivity contribution in [1.29, 1.82) is 0 Å². The molecule has 1 aliphatic carbocycles. The van der Waals surface area contributed by atoms with Crippen LogP contribution >= 0.6 is 0 Å². The molecule has 0 saturated heterocycles. The van der Waals surface area contributed by atoms with E-state index in [2.05, 4.69) is 27.4 Å². The Hall–Kier alpha value is -2.95. The molecular formula is C28H38FN3O. The van der Waals surface area contributed by atoms with Gasteiger partial charge < -0.3 is 10.3 Å². The number of aromatic nitrogens is 2. The summed E-state index contributed by atoms with van der Waals surface area (Å²) in [6.45, 7) is 10.7. The number of nitrogens with one attached hydrogen (secondary N) is 2. The molecule has 4 rings (SSSR count). The first-order chi connectivity index (χ1) is 16.1. The molecule has 0 radical (unpaired) electrons. The summed E-state index contributed by atoms with van der Waals surface area (Å²) in [7, 11) is 0. The first kappa shape index (κ1) is 26.3. The molecule has 2 heterocycles. The highest BCUT2D eigenvalue weighted by atomic mass is 19.1. The van der Waals surface area contributed by atoms with E-state index in [1.165, 1.54) is 17.7 Å². The number of benzene rings is 1. The summed E-state index contributed by atoms with van der Waals surface area (Å²) in [5, 5.41) is 3.10. The summed E-state index contributed by atoms with van der Waals surface area (Å²) in [6, 6.07) is 10.5. The van der Waals surface area contributed by atoms with Gasteiger partial charge >= 0.3 is 0 Å². The fourth-order valence-corrected chi connectivity index (χ4v) is 4.27. The first-order valence-electron chi connectivity index (χ1n) is 12.2. The van der Waals surface area contributed by atoms with Crippen LogP contribution in [0.5, 0.6) is 0 Å². The Kier molecular flexibility index (Phi) is 10.8. The largest absolute Gasteiger partial charge is 0.366 e. The highest BCUT2D eigenvalue weighted by Gasteiger charge is 2.23. The molecule has 2 aromatic heterocycles. The van der Waals surface area contributed by atoms with Crippen molar-refractivity contribution in [1.82, 2.24) is 15.3 Å². The van der Waals surface area contributed by atoms with Crippen LogP contribution < -0.4 is 5.32 Å². The maximum atomic E-state index is 13.2. The van der Waals surface area contributed by atoms with Gasteiger partial charge in [0, 0.05) is 36.4 Å². The van der Waals surface area contributed by atoms with Gasteiger partial charge in [-0.15, -0.1) is 0 Å². The molecule has 1 amide bonds. The molecule has 0 unspecified atom stereocenters. The number of carbonyl (C=O) groups is 1. The van der Waals surface area contributed by atoms with Crippen LogP contribution in [0.1, 0.15) is 80.9 Å². The van der Waals surface area contributed by atoms with Crippen molar-refractivity contribution in [3.63, 3.8) is 0 Å². The molecule has 1 aliphatic rings. The molecule has 1 saturated carbocycles. The third-order valence-corrected chi connectivity index (χ3v) is 5.94. The molecule has 0 spiro atoms. The second-order valence-corrected chi connectivity index (χ2v) is 7.95. The van der Waals surface area contributed by atoms with Gasteiger partial charge in [-0.05, 0) is 79.8 Å². The van der Waals surface area contributed by atoms with Gasteiger partial charge in [-0.1, -0.05) is 39.8 Å². The van der Waals surface area contributed by atoms with Crippen LogP contribution in [-0.2, 0) is 0 Å². The predicted molar refractivity (Wildman–Crippen MR) is 135 cm³/mol. The van der Waals surface area contributed by atoms with Gasteiger partial charge in [-0.2, -0.15) is 0 Å². The number of H-pyrrole nitrogens is 1. The standard InChI is InChI=1S/C24H26FN3O.2C2H6/c1-16-12-20(10-11-27-16)18-4-2-17(3-5-18)13-28-24(29)23-15-26-14-22(23)19-6-8-21(25)9-7-19;2*1-2/h6-12,14-15,17-18,26H,2-5,13H2,1H3,(H,28,29);2*1-2H3. The van der Waals surface area contributed by atoms with Crippen LogP contribution in [-0.4, -0.2) is 22.4 Å². The summed E-state index contributed by atoms with van der Waals surface area (Å²) in [5.74, 6) is 0.732. The first-order valence-corrected chi connectivity index (χ1v) is 12.2. The van der Waals surface area contributed by atoms with Crippen molar-refractivity contribution >= 4 is 5.91 Å². The van der Waals surface area contributed by atoms with E-state index in [0.717, 1.165) is 42.5 Å². The summed E-state index contributed by atoms with van der Waals surface area (Å²) in [6.07, 6.45) is 9.91. The van der Waals surface area contributed by atoms with E-state index in [-0.39, 0.29) is 11.7 Å². The minimum absolute atomic E-state index is 0.0857. The summed E-state index contributed by atoms with van der Waals surface area (Å²) in [4.78, 5) is 20.0. The number of pyridine rings is 1. The summed E-state index contributed by atoms with van der Waals surface area (Å²) < 4.78 is 13.2. The Morgan fingerprint density at radius 2 is 1.70 bits per heavy atom. The number of hydrogen-bond acceptors (Lipinski definition) is 2. The van der Waals surface area contributed by atoms with Crippen LogP contribution in [0.25, 0.3) is 11.1 Å². The monoisotopic (exact) mass is 451 g/mol. The number of hydrogen-bond donors (Lipinski definition) is 2. The maximum absolute atomic E-state index is 13.2. The molecule has 178 valence electrons. The number of aryl methyl sites for hydroxylation is 1. The second kappa shape index (κ2) is 13.6. The van der Waals surface area contributed by atoms with Gasteiger partial charge in [0.25, 0.3) is 5.91 Å². The van der Waals surface area contributed by atoms with E-state index < -0.39 is 0 Å². The van der Waals surface area contributed by atoms with E-state index in [9.17, 15) is 9.18 Å². The molecule has 0 aliphatic heterocycles. The van der Waals surface area contributed by atoms with Crippen LogP contribution in [0.2, 0.25) is 0 Å². The van der Waals surface area contributed by atoms with Crippen molar-refractivity contribution < 1.29 is 9.18 Å². The van der Waals surface area contributed by atoms with E-state index in [1.54, 1.807) is 24.5 Å². The lowest BCUT2D eigenvalue weighted by atomic mass is 9.79. The van der Waals surface area contributed by atoms with Gasteiger partial charge in [-0.25, -0.2) is 4.39 Å². The minimum atomic E-state index is -0.284. The number of carbonyl (C=O) groups excluding carboxylic acids is 1. The van der Waals surface area contributed by atoms with E-state index in [0.29, 0.717) is 23.9 Å². The zero-order valence-corrected chi connectivity index (χ0v) is 20.6.